The average molecular weight is 389 g/mol. The van der Waals surface area contributed by atoms with Gasteiger partial charge in [0.25, 0.3) is 5.91 Å². The van der Waals surface area contributed by atoms with E-state index in [1.165, 1.54) is 16.9 Å². The minimum atomic E-state index is -3.64. The summed E-state index contributed by atoms with van der Waals surface area (Å²) in [7, 11) is -0.392. The Labute approximate surface area is 158 Å². The van der Waals surface area contributed by atoms with Crippen LogP contribution in [0.15, 0.2) is 23.1 Å². The molecular weight excluding hydrogens is 366 g/mol. The summed E-state index contributed by atoms with van der Waals surface area (Å²) in [5.41, 5.74) is 2.38. The van der Waals surface area contributed by atoms with Gasteiger partial charge in [-0.15, -0.1) is 10.2 Å². The van der Waals surface area contributed by atoms with Crippen molar-refractivity contribution in [2.75, 3.05) is 20.6 Å². The molecule has 1 aliphatic carbocycles. The van der Waals surface area contributed by atoms with Crippen LogP contribution in [0.2, 0.25) is 0 Å². The molecule has 1 aromatic carbocycles. The van der Waals surface area contributed by atoms with E-state index in [0.29, 0.717) is 23.8 Å². The van der Waals surface area contributed by atoms with E-state index in [0.717, 1.165) is 31.2 Å². The van der Waals surface area contributed by atoms with Crippen LogP contribution < -0.4 is 0 Å². The largest absolute Gasteiger partial charge is 0.337 e. The fraction of sp³-hybridized carbons (Fsp3) is 0.500. The first-order chi connectivity index (χ1) is 12.9. The minimum Gasteiger partial charge on any atom is -0.337 e. The minimum absolute atomic E-state index is 0.0728. The lowest BCUT2D eigenvalue weighted by Crippen LogP contribution is -2.38. The number of hydrogen-bond donors (Lipinski definition) is 0. The number of fused-ring (bicyclic) bond motifs is 2. The standard InChI is InChI=1S/C18H23N5O3S/c1-21-9-10-23-16(19-20-17(23)18(21)24)12-22(2)27(25,26)15-8-7-13-5-3-4-6-14(13)11-15/h7-8,11H,3-6,9-10,12H2,1-2H3. The van der Waals surface area contributed by atoms with Crippen LogP contribution >= 0.6 is 0 Å². The van der Waals surface area contributed by atoms with Gasteiger partial charge in [0, 0.05) is 27.2 Å². The molecule has 144 valence electrons. The topological polar surface area (TPSA) is 88.4 Å². The lowest BCUT2D eigenvalue weighted by molar-refractivity contribution is 0.0740. The molecule has 0 saturated heterocycles. The predicted octanol–water partition coefficient (Wildman–Crippen LogP) is 1.06. The molecule has 1 amide bonds. The lowest BCUT2D eigenvalue weighted by Gasteiger charge is -2.24. The number of carbonyl (C=O) groups is 1. The summed E-state index contributed by atoms with van der Waals surface area (Å²) in [5.74, 6) is 0.550. The fourth-order valence-corrected chi connectivity index (χ4v) is 4.88. The maximum absolute atomic E-state index is 13.0. The summed E-state index contributed by atoms with van der Waals surface area (Å²) in [6.07, 6.45) is 4.20. The number of hydrogen-bond acceptors (Lipinski definition) is 5. The number of benzene rings is 1. The Bertz CT molecular complexity index is 998. The molecule has 27 heavy (non-hydrogen) atoms. The summed E-state index contributed by atoms with van der Waals surface area (Å²) in [6, 6.07) is 5.43. The van der Waals surface area contributed by atoms with E-state index in [-0.39, 0.29) is 18.3 Å². The maximum atomic E-state index is 13.0. The second kappa shape index (κ2) is 6.72. The molecule has 0 spiro atoms. The van der Waals surface area contributed by atoms with Crippen LogP contribution in [-0.4, -0.2) is 58.9 Å². The Morgan fingerprint density at radius 2 is 1.85 bits per heavy atom. The predicted molar refractivity (Wildman–Crippen MR) is 98.7 cm³/mol. The maximum Gasteiger partial charge on any atom is 0.291 e. The first-order valence-electron chi connectivity index (χ1n) is 9.13. The Balaban J connectivity index is 1.59. The molecule has 0 saturated carbocycles. The van der Waals surface area contributed by atoms with Crippen molar-refractivity contribution in [2.24, 2.45) is 0 Å². The monoisotopic (exact) mass is 389 g/mol. The summed E-state index contributed by atoms with van der Waals surface area (Å²) in [6.45, 7) is 1.19. The van der Waals surface area contributed by atoms with Crippen LogP contribution in [0.5, 0.6) is 0 Å². The summed E-state index contributed by atoms with van der Waals surface area (Å²) in [5, 5.41) is 8.01. The summed E-state index contributed by atoms with van der Waals surface area (Å²) >= 11 is 0. The van der Waals surface area contributed by atoms with Crippen LogP contribution in [0.3, 0.4) is 0 Å². The zero-order valence-electron chi connectivity index (χ0n) is 15.6. The zero-order chi connectivity index (χ0) is 19.2. The second-order valence-corrected chi connectivity index (χ2v) is 9.26. The third-order valence-electron chi connectivity index (χ3n) is 5.42. The molecule has 0 atom stereocenters. The molecule has 1 aromatic heterocycles. The molecule has 1 aliphatic heterocycles. The van der Waals surface area contributed by atoms with Crippen molar-refractivity contribution < 1.29 is 13.2 Å². The van der Waals surface area contributed by atoms with Gasteiger partial charge in [-0.25, -0.2) is 8.42 Å². The number of rotatable bonds is 4. The van der Waals surface area contributed by atoms with Crippen molar-refractivity contribution in [3.05, 3.63) is 41.0 Å². The molecule has 0 N–H and O–H groups in total. The molecular formula is C18H23N5O3S. The van der Waals surface area contributed by atoms with Crippen molar-refractivity contribution in [1.82, 2.24) is 24.0 Å². The molecule has 0 fully saturated rings. The van der Waals surface area contributed by atoms with Crippen molar-refractivity contribution in [1.29, 1.82) is 0 Å². The summed E-state index contributed by atoms with van der Waals surface area (Å²) in [4.78, 5) is 14.0. The van der Waals surface area contributed by atoms with Gasteiger partial charge in [-0.05, 0) is 48.9 Å². The molecule has 0 bridgehead atoms. The van der Waals surface area contributed by atoms with Crippen LogP contribution in [0, 0.1) is 0 Å². The number of aryl methyl sites for hydroxylation is 2. The molecule has 4 rings (SSSR count). The second-order valence-electron chi connectivity index (χ2n) is 7.22. The van der Waals surface area contributed by atoms with Crippen molar-refractivity contribution in [2.45, 2.75) is 43.7 Å². The van der Waals surface area contributed by atoms with E-state index in [2.05, 4.69) is 10.2 Å². The molecule has 2 aliphatic rings. The van der Waals surface area contributed by atoms with Gasteiger partial charge in [-0.3, -0.25) is 4.79 Å². The van der Waals surface area contributed by atoms with Crippen molar-refractivity contribution in [3.63, 3.8) is 0 Å². The first kappa shape index (κ1) is 18.1. The van der Waals surface area contributed by atoms with Crippen LogP contribution in [0.1, 0.15) is 40.4 Å². The molecule has 0 radical (unpaired) electrons. The van der Waals surface area contributed by atoms with Gasteiger partial charge in [0.1, 0.15) is 5.82 Å². The smallest absolute Gasteiger partial charge is 0.291 e. The van der Waals surface area contributed by atoms with E-state index in [9.17, 15) is 13.2 Å². The third kappa shape index (κ3) is 3.14. The Morgan fingerprint density at radius 1 is 1.11 bits per heavy atom. The van der Waals surface area contributed by atoms with E-state index < -0.39 is 10.0 Å². The molecule has 9 heteroatoms. The van der Waals surface area contributed by atoms with Gasteiger partial charge >= 0.3 is 0 Å². The highest BCUT2D eigenvalue weighted by molar-refractivity contribution is 7.89. The highest BCUT2D eigenvalue weighted by atomic mass is 32.2. The molecule has 0 unspecified atom stereocenters. The normalized spacial score (nSPS) is 17.1. The SMILES string of the molecule is CN1CCn2c(CN(C)S(=O)(=O)c3ccc4c(c3)CCCC4)nnc2C1=O. The molecule has 2 aromatic rings. The van der Waals surface area contributed by atoms with Gasteiger partial charge in [-0.2, -0.15) is 4.31 Å². The number of amides is 1. The van der Waals surface area contributed by atoms with Gasteiger partial charge in [0.2, 0.25) is 15.8 Å². The van der Waals surface area contributed by atoms with Gasteiger partial charge in [0.15, 0.2) is 0 Å². The summed E-state index contributed by atoms with van der Waals surface area (Å²) < 4.78 is 29.0. The Hall–Kier alpha value is -2.26. The Morgan fingerprint density at radius 3 is 2.63 bits per heavy atom. The van der Waals surface area contributed by atoms with E-state index in [1.807, 2.05) is 6.07 Å². The highest BCUT2D eigenvalue weighted by Gasteiger charge is 2.29. The fourth-order valence-electron chi connectivity index (χ4n) is 3.70. The highest BCUT2D eigenvalue weighted by Crippen LogP contribution is 2.26. The van der Waals surface area contributed by atoms with Crippen LogP contribution in [0.25, 0.3) is 0 Å². The van der Waals surface area contributed by atoms with E-state index >= 15 is 0 Å². The Kier molecular flexibility index (Phi) is 4.51. The number of carbonyl (C=O) groups excluding carboxylic acids is 1. The number of nitrogens with zero attached hydrogens (tertiary/aromatic N) is 5. The third-order valence-corrected chi connectivity index (χ3v) is 7.22. The average Bonchev–Trinajstić information content (AvgIpc) is 3.07. The molecule has 8 nitrogen and oxygen atoms in total. The quantitative estimate of drug-likeness (QED) is 0.780. The van der Waals surface area contributed by atoms with E-state index in [1.54, 1.807) is 28.6 Å². The number of sulfonamides is 1. The van der Waals surface area contributed by atoms with E-state index in [4.69, 9.17) is 0 Å². The van der Waals surface area contributed by atoms with Gasteiger partial charge < -0.3 is 9.47 Å². The van der Waals surface area contributed by atoms with Crippen LogP contribution in [-0.2, 0) is 36.0 Å². The van der Waals surface area contributed by atoms with Crippen molar-refractivity contribution >= 4 is 15.9 Å². The molecule has 2 heterocycles. The lowest BCUT2D eigenvalue weighted by atomic mass is 9.92. The van der Waals surface area contributed by atoms with Gasteiger partial charge in [0.05, 0.1) is 11.4 Å². The van der Waals surface area contributed by atoms with Crippen LogP contribution in [0.4, 0.5) is 0 Å². The number of likely N-dealkylation sites (N-methyl/N-ethyl adjacent to an activating group) is 1. The first-order valence-corrected chi connectivity index (χ1v) is 10.6. The van der Waals surface area contributed by atoms with Gasteiger partial charge in [-0.1, -0.05) is 6.07 Å². The zero-order valence-corrected chi connectivity index (χ0v) is 16.4. The number of aromatic nitrogens is 3. The van der Waals surface area contributed by atoms with Crippen molar-refractivity contribution in [3.8, 4) is 0 Å².